The summed E-state index contributed by atoms with van der Waals surface area (Å²) in [5.74, 6) is -0.122. The molecule has 3 aliphatic rings. The van der Waals surface area contributed by atoms with Crippen LogP contribution in [0.4, 0.5) is 0 Å². The number of hydrogen-bond acceptors (Lipinski definition) is 5. The number of aliphatic hydroxyl groups excluding tert-OH is 1. The number of ether oxygens (including phenoxy) is 2. The maximum atomic E-state index is 13.3. The SMILES string of the molecule is CC(C)(C)CC(C)(C(=O)OC1C2CC3C1OC(O)C3(C#N)C2)C(C)(C)C. The number of rotatable bonds is 3. The molecule has 3 rings (SSSR count). The number of esters is 1. The van der Waals surface area contributed by atoms with Gasteiger partial charge in [-0.3, -0.25) is 4.79 Å². The van der Waals surface area contributed by atoms with Crippen molar-refractivity contribution in [3.8, 4) is 6.07 Å². The molecule has 2 bridgehead atoms. The molecular formula is C21H33NO4. The summed E-state index contributed by atoms with van der Waals surface area (Å²) in [5.41, 5.74) is -1.69. The van der Waals surface area contributed by atoms with Gasteiger partial charge in [0, 0.05) is 11.8 Å². The van der Waals surface area contributed by atoms with Crippen molar-refractivity contribution in [1.82, 2.24) is 0 Å². The van der Waals surface area contributed by atoms with E-state index in [0.717, 1.165) is 12.8 Å². The fraction of sp³-hybridized carbons (Fsp3) is 0.905. The zero-order chi connectivity index (χ0) is 19.7. The second-order valence-electron chi connectivity index (χ2n) is 11.1. The van der Waals surface area contributed by atoms with Crippen LogP contribution in [0.3, 0.4) is 0 Å². The van der Waals surface area contributed by atoms with Crippen LogP contribution in [0.2, 0.25) is 0 Å². The largest absolute Gasteiger partial charge is 0.459 e. The van der Waals surface area contributed by atoms with Gasteiger partial charge in [0.25, 0.3) is 0 Å². The Morgan fingerprint density at radius 1 is 1.27 bits per heavy atom. The highest BCUT2D eigenvalue weighted by Crippen LogP contribution is 2.64. The van der Waals surface area contributed by atoms with E-state index in [9.17, 15) is 15.2 Å². The van der Waals surface area contributed by atoms with Gasteiger partial charge >= 0.3 is 5.97 Å². The lowest BCUT2D eigenvalue weighted by Gasteiger charge is -2.44. The zero-order valence-corrected chi connectivity index (χ0v) is 17.1. The summed E-state index contributed by atoms with van der Waals surface area (Å²) in [7, 11) is 0. The molecular weight excluding hydrogens is 330 g/mol. The molecule has 0 radical (unpaired) electrons. The van der Waals surface area contributed by atoms with Crippen LogP contribution < -0.4 is 0 Å². The molecule has 2 saturated carbocycles. The molecule has 26 heavy (non-hydrogen) atoms. The van der Waals surface area contributed by atoms with Gasteiger partial charge in [0.2, 0.25) is 0 Å². The van der Waals surface area contributed by atoms with Crippen molar-refractivity contribution < 1.29 is 19.4 Å². The highest BCUT2D eigenvalue weighted by molar-refractivity contribution is 5.77. The Kier molecular flexibility index (Phi) is 4.30. The van der Waals surface area contributed by atoms with Crippen LogP contribution in [-0.2, 0) is 14.3 Å². The topological polar surface area (TPSA) is 79.6 Å². The molecule has 1 aliphatic heterocycles. The molecule has 7 atom stereocenters. The minimum absolute atomic E-state index is 0.00819. The van der Waals surface area contributed by atoms with Crippen molar-refractivity contribution in [2.45, 2.75) is 86.2 Å². The van der Waals surface area contributed by atoms with E-state index in [4.69, 9.17) is 9.47 Å². The molecule has 1 N–H and O–H groups in total. The number of hydrogen-bond donors (Lipinski definition) is 1. The smallest absolute Gasteiger partial charge is 0.312 e. The lowest BCUT2D eigenvalue weighted by Crippen LogP contribution is -2.48. The van der Waals surface area contributed by atoms with Crippen LogP contribution in [0, 0.1) is 44.8 Å². The Labute approximate surface area is 157 Å². The highest BCUT2D eigenvalue weighted by atomic mass is 16.6. The van der Waals surface area contributed by atoms with Crippen molar-refractivity contribution in [3.63, 3.8) is 0 Å². The number of aliphatic hydroxyl groups is 1. The molecule has 1 heterocycles. The van der Waals surface area contributed by atoms with Gasteiger partial charge in [0.1, 0.15) is 17.6 Å². The standard InChI is InChI=1S/C21H33NO4/c1-18(2,3)10-20(7,19(4,5)6)16(23)25-14-12-8-13-15(14)26-17(24)21(13,9-12)11-22/h12-15,17,24H,8-10H2,1-7H3. The van der Waals surface area contributed by atoms with Crippen molar-refractivity contribution in [1.29, 1.82) is 5.26 Å². The van der Waals surface area contributed by atoms with Gasteiger partial charge in [0.15, 0.2) is 6.29 Å². The molecule has 2 aliphatic carbocycles. The van der Waals surface area contributed by atoms with E-state index in [2.05, 4.69) is 47.6 Å². The Hall–Kier alpha value is -1.12. The maximum absolute atomic E-state index is 13.3. The summed E-state index contributed by atoms with van der Waals surface area (Å²) in [6.07, 6.45) is 0.284. The van der Waals surface area contributed by atoms with Gasteiger partial charge in [-0.15, -0.1) is 0 Å². The fourth-order valence-electron chi connectivity index (χ4n) is 5.41. The molecule has 0 aromatic carbocycles. The number of carbonyl (C=O) groups excluding carboxylic acids is 1. The summed E-state index contributed by atoms with van der Waals surface area (Å²) >= 11 is 0. The van der Waals surface area contributed by atoms with Crippen molar-refractivity contribution in [2.24, 2.45) is 33.5 Å². The van der Waals surface area contributed by atoms with Crippen molar-refractivity contribution >= 4 is 5.97 Å². The number of carbonyl (C=O) groups is 1. The Morgan fingerprint density at radius 2 is 1.88 bits per heavy atom. The van der Waals surface area contributed by atoms with E-state index in [1.165, 1.54) is 0 Å². The van der Waals surface area contributed by atoms with Crippen LogP contribution >= 0.6 is 0 Å². The average molecular weight is 363 g/mol. The molecule has 0 spiro atoms. The first-order valence-corrected chi connectivity index (χ1v) is 9.71. The minimum Gasteiger partial charge on any atom is -0.459 e. The van der Waals surface area contributed by atoms with Crippen LogP contribution in [0.1, 0.15) is 67.7 Å². The second-order valence-corrected chi connectivity index (χ2v) is 11.1. The van der Waals surface area contributed by atoms with E-state index in [1.54, 1.807) is 0 Å². The summed E-state index contributed by atoms with van der Waals surface area (Å²) in [6, 6.07) is 2.29. The molecule has 3 fully saturated rings. The summed E-state index contributed by atoms with van der Waals surface area (Å²) < 4.78 is 11.8. The van der Waals surface area contributed by atoms with E-state index >= 15 is 0 Å². The summed E-state index contributed by atoms with van der Waals surface area (Å²) in [5, 5.41) is 19.8. The quantitative estimate of drug-likeness (QED) is 0.774. The lowest BCUT2D eigenvalue weighted by molar-refractivity contribution is -0.183. The van der Waals surface area contributed by atoms with Crippen LogP contribution in [0.25, 0.3) is 0 Å². The van der Waals surface area contributed by atoms with Gasteiger partial charge in [0.05, 0.1) is 11.5 Å². The van der Waals surface area contributed by atoms with Crippen molar-refractivity contribution in [3.05, 3.63) is 0 Å². The van der Waals surface area contributed by atoms with Gasteiger partial charge in [-0.2, -0.15) is 5.26 Å². The van der Waals surface area contributed by atoms with Gasteiger partial charge in [-0.25, -0.2) is 0 Å². The van der Waals surface area contributed by atoms with Gasteiger partial charge < -0.3 is 14.6 Å². The molecule has 5 heteroatoms. The maximum Gasteiger partial charge on any atom is 0.312 e. The Morgan fingerprint density at radius 3 is 2.38 bits per heavy atom. The first kappa shape index (κ1) is 19.6. The molecule has 0 aromatic heterocycles. The van der Waals surface area contributed by atoms with Crippen LogP contribution in [-0.4, -0.2) is 29.6 Å². The number of fused-ring (bicyclic) bond motifs is 1. The normalized spacial score (nSPS) is 41.0. The summed E-state index contributed by atoms with van der Waals surface area (Å²) in [6.45, 7) is 14.7. The number of nitrogens with zero attached hydrogens (tertiary/aromatic N) is 1. The van der Waals surface area contributed by atoms with E-state index in [-0.39, 0.29) is 40.8 Å². The molecule has 7 unspecified atom stereocenters. The van der Waals surface area contributed by atoms with E-state index in [0.29, 0.717) is 6.42 Å². The molecule has 5 nitrogen and oxygen atoms in total. The third kappa shape index (κ3) is 2.68. The Bertz CT molecular complexity index is 640. The third-order valence-electron chi connectivity index (χ3n) is 7.17. The lowest BCUT2D eigenvalue weighted by atomic mass is 9.61. The predicted octanol–water partition coefficient (Wildman–Crippen LogP) is 3.65. The third-order valence-corrected chi connectivity index (χ3v) is 7.17. The van der Waals surface area contributed by atoms with Crippen molar-refractivity contribution in [2.75, 3.05) is 0 Å². The molecule has 1 saturated heterocycles. The highest BCUT2D eigenvalue weighted by Gasteiger charge is 2.71. The fourth-order valence-corrected chi connectivity index (χ4v) is 5.41. The van der Waals surface area contributed by atoms with Crippen LogP contribution in [0.5, 0.6) is 0 Å². The molecule has 146 valence electrons. The molecule has 0 amide bonds. The molecule has 0 aromatic rings. The average Bonchev–Trinajstić information content (AvgIpc) is 3.06. The monoisotopic (exact) mass is 363 g/mol. The Balaban J connectivity index is 1.81. The zero-order valence-electron chi connectivity index (χ0n) is 17.1. The van der Waals surface area contributed by atoms with E-state index < -0.39 is 17.1 Å². The predicted molar refractivity (Wildman–Crippen MR) is 96.7 cm³/mol. The minimum atomic E-state index is -1.07. The van der Waals surface area contributed by atoms with Gasteiger partial charge in [-0.1, -0.05) is 41.5 Å². The first-order chi connectivity index (χ1) is 11.7. The second kappa shape index (κ2) is 5.69. The van der Waals surface area contributed by atoms with E-state index in [1.807, 2.05) is 6.92 Å². The summed E-state index contributed by atoms with van der Waals surface area (Å²) in [4.78, 5) is 13.3. The van der Waals surface area contributed by atoms with Gasteiger partial charge in [-0.05, 0) is 37.0 Å². The first-order valence-electron chi connectivity index (χ1n) is 9.71. The van der Waals surface area contributed by atoms with Crippen LogP contribution in [0.15, 0.2) is 0 Å². The number of nitriles is 1.